The molecular formula is C7H20N2O. The fraction of sp³-hybridized carbons (Fsp3) is 1.00. The van der Waals surface area contributed by atoms with Crippen molar-refractivity contribution < 1.29 is 5.11 Å². The van der Waals surface area contributed by atoms with Gasteiger partial charge in [0.25, 0.3) is 0 Å². The summed E-state index contributed by atoms with van der Waals surface area (Å²) in [5, 5.41) is 7.00. The minimum Gasteiger partial charge on any atom is -0.400 e. The lowest BCUT2D eigenvalue weighted by Crippen LogP contribution is -2.00. The molecule has 0 heterocycles. The highest BCUT2D eigenvalue weighted by molar-refractivity contribution is 4.43. The Morgan fingerprint density at radius 3 is 1.30 bits per heavy atom. The van der Waals surface area contributed by atoms with Crippen molar-refractivity contribution >= 4 is 0 Å². The van der Waals surface area contributed by atoms with Crippen molar-refractivity contribution in [3.63, 3.8) is 0 Å². The van der Waals surface area contributed by atoms with Gasteiger partial charge in [0.05, 0.1) is 0 Å². The van der Waals surface area contributed by atoms with Gasteiger partial charge in [-0.3, -0.25) is 0 Å². The van der Waals surface area contributed by atoms with E-state index in [0.29, 0.717) is 0 Å². The molecule has 3 heteroatoms. The van der Waals surface area contributed by atoms with E-state index in [2.05, 4.69) is 0 Å². The van der Waals surface area contributed by atoms with Crippen molar-refractivity contribution in [2.24, 2.45) is 11.5 Å². The zero-order valence-corrected chi connectivity index (χ0v) is 6.84. The first-order valence-corrected chi connectivity index (χ1v) is 3.76. The van der Waals surface area contributed by atoms with E-state index in [1.165, 1.54) is 12.8 Å². The Labute approximate surface area is 63.4 Å². The van der Waals surface area contributed by atoms with Crippen LogP contribution in [0.25, 0.3) is 0 Å². The van der Waals surface area contributed by atoms with Crippen LogP contribution >= 0.6 is 0 Å². The Bertz CT molecular complexity index is 36.6. The molecule has 0 spiro atoms. The molecule has 0 unspecified atom stereocenters. The standard InChI is InChI=1S/C6H16N2.CH4O/c7-5-3-1-2-4-6-8;1-2/h1-8H2;2H,1H3. The molecule has 0 rings (SSSR count). The molecule has 5 N–H and O–H groups in total. The van der Waals surface area contributed by atoms with Crippen LogP contribution in [0.1, 0.15) is 25.7 Å². The van der Waals surface area contributed by atoms with Crippen molar-refractivity contribution in [1.82, 2.24) is 0 Å². The lowest BCUT2D eigenvalue weighted by molar-refractivity contribution is 0.399. The summed E-state index contributed by atoms with van der Waals surface area (Å²) in [6.45, 7) is 1.65. The van der Waals surface area contributed by atoms with Crippen LogP contribution in [0.3, 0.4) is 0 Å². The predicted octanol–water partition coefficient (Wildman–Crippen LogP) is 0.0727. The third-order valence-electron chi connectivity index (χ3n) is 1.16. The molecule has 0 radical (unpaired) electrons. The van der Waals surface area contributed by atoms with Gasteiger partial charge >= 0.3 is 0 Å². The quantitative estimate of drug-likeness (QED) is 0.483. The fourth-order valence-corrected chi connectivity index (χ4v) is 0.642. The zero-order chi connectivity index (χ0) is 8.24. The SMILES string of the molecule is CO.NCCCCCCN. The molecule has 0 fully saturated rings. The van der Waals surface area contributed by atoms with Crippen LogP contribution in [0.4, 0.5) is 0 Å². The molecule has 0 aliphatic carbocycles. The van der Waals surface area contributed by atoms with Crippen molar-refractivity contribution in [2.45, 2.75) is 25.7 Å². The van der Waals surface area contributed by atoms with Crippen molar-refractivity contribution in [3.05, 3.63) is 0 Å². The zero-order valence-electron chi connectivity index (χ0n) is 6.84. The first-order valence-electron chi connectivity index (χ1n) is 3.76. The van der Waals surface area contributed by atoms with Gasteiger partial charge in [-0.05, 0) is 25.9 Å². The smallest absolute Gasteiger partial charge is 0.0319 e. The summed E-state index contributed by atoms with van der Waals surface area (Å²) in [4.78, 5) is 0. The molecule has 3 nitrogen and oxygen atoms in total. The van der Waals surface area contributed by atoms with E-state index < -0.39 is 0 Å². The maximum absolute atomic E-state index is 7.00. The second kappa shape index (κ2) is 15.9. The third-order valence-corrected chi connectivity index (χ3v) is 1.16. The van der Waals surface area contributed by atoms with Crippen LogP contribution < -0.4 is 11.5 Å². The lowest BCUT2D eigenvalue weighted by Gasteiger charge is -1.94. The Morgan fingerprint density at radius 1 is 0.800 bits per heavy atom. The van der Waals surface area contributed by atoms with Gasteiger partial charge in [0.2, 0.25) is 0 Å². The number of nitrogens with two attached hydrogens (primary N) is 2. The maximum atomic E-state index is 7.00. The van der Waals surface area contributed by atoms with Gasteiger partial charge in [0.15, 0.2) is 0 Å². The summed E-state index contributed by atoms with van der Waals surface area (Å²) in [5.41, 5.74) is 10.6. The Kier molecular flexibility index (Phi) is 20.0. The van der Waals surface area contributed by atoms with E-state index in [1.54, 1.807) is 0 Å². The maximum Gasteiger partial charge on any atom is 0.0319 e. The largest absolute Gasteiger partial charge is 0.400 e. The van der Waals surface area contributed by atoms with E-state index in [-0.39, 0.29) is 0 Å². The molecule has 0 aliphatic heterocycles. The Hall–Kier alpha value is -0.120. The second-order valence-corrected chi connectivity index (χ2v) is 1.99. The third kappa shape index (κ3) is 15.7. The average Bonchev–Trinajstić information content (AvgIpc) is 2.02. The van der Waals surface area contributed by atoms with Gasteiger partial charge in [0.1, 0.15) is 0 Å². The van der Waals surface area contributed by atoms with E-state index >= 15 is 0 Å². The average molecular weight is 148 g/mol. The summed E-state index contributed by atoms with van der Waals surface area (Å²) >= 11 is 0. The summed E-state index contributed by atoms with van der Waals surface area (Å²) < 4.78 is 0. The number of hydrogen-bond donors (Lipinski definition) is 3. The van der Waals surface area contributed by atoms with Crippen LogP contribution in [0.5, 0.6) is 0 Å². The van der Waals surface area contributed by atoms with Gasteiger partial charge in [-0.2, -0.15) is 0 Å². The van der Waals surface area contributed by atoms with Gasteiger partial charge in [-0.15, -0.1) is 0 Å². The van der Waals surface area contributed by atoms with E-state index in [4.69, 9.17) is 16.6 Å². The van der Waals surface area contributed by atoms with E-state index in [9.17, 15) is 0 Å². The first kappa shape index (κ1) is 12.5. The van der Waals surface area contributed by atoms with Gasteiger partial charge in [-0.25, -0.2) is 0 Å². The number of aliphatic hydroxyl groups excluding tert-OH is 1. The van der Waals surface area contributed by atoms with Crippen LogP contribution in [0, 0.1) is 0 Å². The van der Waals surface area contributed by atoms with E-state index in [0.717, 1.165) is 33.0 Å². The van der Waals surface area contributed by atoms with Crippen molar-refractivity contribution in [3.8, 4) is 0 Å². The van der Waals surface area contributed by atoms with Crippen LogP contribution in [-0.4, -0.2) is 25.3 Å². The van der Waals surface area contributed by atoms with Crippen molar-refractivity contribution in [2.75, 3.05) is 20.2 Å². The Balaban J connectivity index is 0. The number of hydrogen-bond acceptors (Lipinski definition) is 3. The highest BCUT2D eigenvalue weighted by Crippen LogP contribution is 1.95. The second-order valence-electron chi connectivity index (χ2n) is 1.99. The minimum absolute atomic E-state index is 0.824. The monoisotopic (exact) mass is 148 g/mol. The summed E-state index contributed by atoms with van der Waals surface area (Å²) in [7, 11) is 1.00. The summed E-state index contributed by atoms with van der Waals surface area (Å²) in [5.74, 6) is 0. The molecule has 0 saturated carbocycles. The predicted molar refractivity (Wildman–Crippen MR) is 44.7 cm³/mol. The van der Waals surface area contributed by atoms with Crippen LogP contribution in [0.2, 0.25) is 0 Å². The molecule has 0 amide bonds. The molecule has 10 heavy (non-hydrogen) atoms. The minimum atomic E-state index is 0.824. The van der Waals surface area contributed by atoms with E-state index in [1.807, 2.05) is 0 Å². The molecule has 0 aromatic carbocycles. The van der Waals surface area contributed by atoms with Crippen LogP contribution in [0.15, 0.2) is 0 Å². The summed E-state index contributed by atoms with van der Waals surface area (Å²) in [6, 6.07) is 0. The molecule has 0 atom stereocenters. The van der Waals surface area contributed by atoms with Crippen molar-refractivity contribution in [1.29, 1.82) is 0 Å². The number of rotatable bonds is 5. The van der Waals surface area contributed by atoms with Gasteiger partial charge < -0.3 is 16.6 Å². The highest BCUT2D eigenvalue weighted by Gasteiger charge is 1.83. The number of aliphatic hydroxyl groups is 1. The highest BCUT2D eigenvalue weighted by atomic mass is 16.2. The summed E-state index contributed by atoms with van der Waals surface area (Å²) in [6.07, 6.45) is 4.79. The molecule has 64 valence electrons. The first-order chi connectivity index (χ1) is 4.91. The van der Waals surface area contributed by atoms with Gasteiger partial charge in [-0.1, -0.05) is 12.8 Å². The fourth-order valence-electron chi connectivity index (χ4n) is 0.642. The Morgan fingerprint density at radius 2 is 1.10 bits per heavy atom. The molecule has 0 aromatic rings. The number of unbranched alkanes of at least 4 members (excludes halogenated alkanes) is 3. The molecule has 0 aromatic heterocycles. The molecular weight excluding hydrogens is 128 g/mol. The topological polar surface area (TPSA) is 72.3 Å². The molecule has 0 saturated heterocycles. The normalized spacial score (nSPS) is 8.40. The van der Waals surface area contributed by atoms with Gasteiger partial charge in [0, 0.05) is 7.11 Å². The molecule has 0 bridgehead atoms. The van der Waals surface area contributed by atoms with Crippen LogP contribution in [-0.2, 0) is 0 Å². The molecule has 0 aliphatic rings. The lowest BCUT2D eigenvalue weighted by atomic mass is 10.2.